The highest BCUT2D eigenvalue weighted by atomic mass is 79.9. The highest BCUT2D eigenvalue weighted by Crippen LogP contribution is 2.24. The number of aromatic nitrogens is 1. The van der Waals surface area contributed by atoms with Crippen molar-refractivity contribution in [1.29, 1.82) is 5.26 Å². The van der Waals surface area contributed by atoms with Gasteiger partial charge in [-0.05, 0) is 42.3 Å². The molecule has 0 unspecified atom stereocenters. The van der Waals surface area contributed by atoms with Gasteiger partial charge in [-0.1, -0.05) is 42.5 Å². The fourth-order valence-electron chi connectivity index (χ4n) is 2.45. The normalized spacial score (nSPS) is 9.60. The van der Waals surface area contributed by atoms with Crippen LogP contribution in [0.5, 0.6) is 0 Å². The van der Waals surface area contributed by atoms with E-state index in [2.05, 4.69) is 16.4 Å². The predicted octanol–water partition coefficient (Wildman–Crippen LogP) is 4.76. The van der Waals surface area contributed by atoms with Gasteiger partial charge in [0.25, 0.3) is 5.91 Å². The van der Waals surface area contributed by atoms with Crippen LogP contribution >= 0.6 is 17.0 Å². The van der Waals surface area contributed by atoms with Crippen LogP contribution in [0.3, 0.4) is 0 Å². The lowest BCUT2D eigenvalue weighted by Crippen LogP contribution is -2.13. The minimum atomic E-state index is -0.288. The Morgan fingerprint density at radius 3 is 2.48 bits per heavy atom. The maximum atomic E-state index is 12.4. The molecular weight excluding hydrogens is 378 g/mol. The number of carbonyl (C=O) groups is 1. The van der Waals surface area contributed by atoms with E-state index in [1.807, 2.05) is 49.4 Å². The van der Waals surface area contributed by atoms with Crippen molar-refractivity contribution in [2.75, 3.05) is 5.32 Å². The Morgan fingerprint density at radius 1 is 1.04 bits per heavy atom. The Balaban J connectivity index is 0.00000225. The first-order valence-electron chi connectivity index (χ1n) is 7.52. The molecule has 0 spiro atoms. The van der Waals surface area contributed by atoms with E-state index >= 15 is 0 Å². The molecule has 0 aliphatic heterocycles. The van der Waals surface area contributed by atoms with E-state index in [0.29, 0.717) is 16.9 Å². The molecule has 3 aromatic rings. The minimum Gasteiger partial charge on any atom is -0.307 e. The van der Waals surface area contributed by atoms with Gasteiger partial charge in [-0.25, -0.2) is 4.98 Å². The van der Waals surface area contributed by atoms with E-state index in [4.69, 9.17) is 0 Å². The molecule has 0 aliphatic rings. The summed E-state index contributed by atoms with van der Waals surface area (Å²) < 4.78 is 0. The van der Waals surface area contributed by atoms with Crippen molar-refractivity contribution < 1.29 is 4.79 Å². The summed E-state index contributed by atoms with van der Waals surface area (Å²) in [5.74, 6) is 0.204. The van der Waals surface area contributed by atoms with Gasteiger partial charge in [-0.15, -0.1) is 17.0 Å². The van der Waals surface area contributed by atoms with Crippen molar-refractivity contribution in [3.63, 3.8) is 0 Å². The van der Waals surface area contributed by atoms with E-state index < -0.39 is 0 Å². The number of anilines is 1. The number of aryl methyl sites for hydroxylation is 1. The van der Waals surface area contributed by atoms with Gasteiger partial charge in [-0.2, -0.15) is 5.26 Å². The van der Waals surface area contributed by atoms with Crippen molar-refractivity contribution >= 4 is 28.7 Å². The molecule has 0 aliphatic carbocycles. The molecule has 25 heavy (non-hydrogen) atoms. The number of nitriles is 1. The topological polar surface area (TPSA) is 65.8 Å². The smallest absolute Gasteiger partial charge is 0.256 e. The Hall–Kier alpha value is -2.97. The summed E-state index contributed by atoms with van der Waals surface area (Å²) >= 11 is 0. The number of halogens is 1. The average Bonchev–Trinajstić information content (AvgIpc) is 2.62. The summed E-state index contributed by atoms with van der Waals surface area (Å²) in [7, 11) is 0. The molecule has 1 amide bonds. The van der Waals surface area contributed by atoms with E-state index in [0.717, 1.165) is 16.8 Å². The molecule has 124 valence electrons. The first-order valence-corrected chi connectivity index (χ1v) is 7.52. The van der Waals surface area contributed by atoms with Crippen molar-refractivity contribution in [3.05, 3.63) is 83.6 Å². The second kappa shape index (κ2) is 8.22. The van der Waals surface area contributed by atoms with E-state index in [1.54, 1.807) is 24.3 Å². The van der Waals surface area contributed by atoms with Crippen LogP contribution in [-0.2, 0) is 0 Å². The summed E-state index contributed by atoms with van der Waals surface area (Å²) in [6.45, 7) is 1.86. The maximum absolute atomic E-state index is 12.4. The molecule has 3 rings (SSSR count). The van der Waals surface area contributed by atoms with E-state index in [1.165, 1.54) is 0 Å². The minimum absolute atomic E-state index is 0. The number of nitrogens with zero attached hydrogens (tertiary/aromatic N) is 2. The van der Waals surface area contributed by atoms with E-state index in [-0.39, 0.29) is 22.9 Å². The van der Waals surface area contributed by atoms with E-state index in [9.17, 15) is 10.1 Å². The van der Waals surface area contributed by atoms with Crippen molar-refractivity contribution in [3.8, 4) is 17.2 Å². The molecule has 5 heteroatoms. The van der Waals surface area contributed by atoms with Crippen LogP contribution < -0.4 is 5.32 Å². The quantitative estimate of drug-likeness (QED) is 0.697. The van der Waals surface area contributed by atoms with Gasteiger partial charge in [0.15, 0.2) is 0 Å². The summed E-state index contributed by atoms with van der Waals surface area (Å²) in [5.41, 5.74) is 3.47. The molecular formula is C20H16BrN3O. The first kappa shape index (κ1) is 18.4. The van der Waals surface area contributed by atoms with Crippen LogP contribution in [0.15, 0.2) is 66.7 Å². The average molecular weight is 394 g/mol. The Bertz CT molecular complexity index is 933. The van der Waals surface area contributed by atoms with Gasteiger partial charge in [0, 0.05) is 11.3 Å². The van der Waals surface area contributed by atoms with Crippen LogP contribution in [0, 0.1) is 18.3 Å². The molecule has 0 bridgehead atoms. The first-order chi connectivity index (χ1) is 11.7. The number of hydrogen-bond donors (Lipinski definition) is 1. The number of carbonyl (C=O) groups excluding carboxylic acids is 1. The van der Waals surface area contributed by atoms with Crippen LogP contribution in [0.4, 0.5) is 5.82 Å². The third-order valence-corrected chi connectivity index (χ3v) is 3.62. The zero-order valence-corrected chi connectivity index (χ0v) is 15.3. The Kier molecular flexibility index (Phi) is 6.04. The Labute approximate surface area is 156 Å². The van der Waals surface area contributed by atoms with Crippen LogP contribution in [0.1, 0.15) is 21.6 Å². The lowest BCUT2D eigenvalue weighted by molar-refractivity contribution is 0.102. The third-order valence-electron chi connectivity index (χ3n) is 3.62. The molecule has 1 heterocycles. The zero-order valence-electron chi connectivity index (χ0n) is 13.6. The van der Waals surface area contributed by atoms with Crippen molar-refractivity contribution in [1.82, 2.24) is 4.98 Å². The second-order valence-corrected chi connectivity index (χ2v) is 5.36. The fraction of sp³-hybridized carbons (Fsp3) is 0.0500. The second-order valence-electron chi connectivity index (χ2n) is 5.36. The highest BCUT2D eigenvalue weighted by molar-refractivity contribution is 8.93. The predicted molar refractivity (Wildman–Crippen MR) is 104 cm³/mol. The van der Waals surface area contributed by atoms with Crippen LogP contribution in [0.25, 0.3) is 11.1 Å². The number of benzene rings is 2. The fourth-order valence-corrected chi connectivity index (χ4v) is 2.45. The van der Waals surface area contributed by atoms with Gasteiger partial charge in [0.1, 0.15) is 5.82 Å². The molecule has 0 fully saturated rings. The summed E-state index contributed by atoms with van der Waals surface area (Å²) in [4.78, 5) is 16.6. The van der Waals surface area contributed by atoms with Gasteiger partial charge < -0.3 is 5.32 Å². The van der Waals surface area contributed by atoms with Crippen LogP contribution in [0.2, 0.25) is 0 Å². The molecule has 0 saturated heterocycles. The molecule has 4 nitrogen and oxygen atoms in total. The monoisotopic (exact) mass is 393 g/mol. The molecule has 2 aromatic carbocycles. The maximum Gasteiger partial charge on any atom is 0.256 e. The number of hydrogen-bond acceptors (Lipinski definition) is 3. The Morgan fingerprint density at radius 2 is 1.80 bits per heavy atom. The van der Waals surface area contributed by atoms with Crippen LogP contribution in [-0.4, -0.2) is 10.9 Å². The highest BCUT2D eigenvalue weighted by Gasteiger charge is 2.11. The SMILES string of the molecule is Br.Cc1cccc(NC(=O)c2ccc(-c3ccccc3)c(C#N)c2)n1. The lowest BCUT2D eigenvalue weighted by Gasteiger charge is -2.08. The number of amides is 1. The molecule has 1 N–H and O–H groups in total. The number of rotatable bonds is 3. The van der Waals surface area contributed by atoms with Gasteiger partial charge in [0.05, 0.1) is 11.6 Å². The van der Waals surface area contributed by atoms with Crippen molar-refractivity contribution in [2.24, 2.45) is 0 Å². The van der Waals surface area contributed by atoms with Gasteiger partial charge >= 0.3 is 0 Å². The summed E-state index contributed by atoms with van der Waals surface area (Å²) in [5, 5.41) is 12.2. The largest absolute Gasteiger partial charge is 0.307 e. The van der Waals surface area contributed by atoms with Gasteiger partial charge in [-0.3, -0.25) is 4.79 Å². The van der Waals surface area contributed by atoms with Crippen molar-refractivity contribution in [2.45, 2.75) is 6.92 Å². The molecule has 0 atom stereocenters. The van der Waals surface area contributed by atoms with Gasteiger partial charge in [0.2, 0.25) is 0 Å². The standard InChI is InChI=1S/C20H15N3O.BrH/c1-14-6-5-9-19(22-14)23-20(24)16-10-11-18(17(12-16)13-21)15-7-3-2-4-8-15;/h2-12H,1H3,(H,22,23,24);1H. The molecule has 0 radical (unpaired) electrons. The molecule has 0 saturated carbocycles. The third kappa shape index (κ3) is 4.31. The summed E-state index contributed by atoms with van der Waals surface area (Å²) in [6, 6.07) is 22.3. The molecule has 1 aromatic heterocycles. The summed E-state index contributed by atoms with van der Waals surface area (Å²) in [6.07, 6.45) is 0. The zero-order chi connectivity index (χ0) is 16.9. The number of pyridine rings is 1. The number of nitrogens with one attached hydrogen (secondary N) is 1. The lowest BCUT2D eigenvalue weighted by atomic mass is 9.98.